The van der Waals surface area contributed by atoms with Crippen LogP contribution in [0.5, 0.6) is 0 Å². The predicted octanol–water partition coefficient (Wildman–Crippen LogP) is 2.69. The van der Waals surface area contributed by atoms with Crippen molar-refractivity contribution in [2.24, 2.45) is 0 Å². The van der Waals surface area contributed by atoms with E-state index >= 15 is 0 Å². The third-order valence-corrected chi connectivity index (χ3v) is 3.13. The molecule has 0 saturated heterocycles. The van der Waals surface area contributed by atoms with Crippen molar-refractivity contribution in [1.29, 1.82) is 5.26 Å². The Kier molecular flexibility index (Phi) is 3.09. The van der Waals surface area contributed by atoms with E-state index < -0.39 is 0 Å². The van der Waals surface area contributed by atoms with Gasteiger partial charge in [0.2, 0.25) is 5.43 Å². The molecule has 21 heavy (non-hydrogen) atoms. The molecule has 0 amide bonds. The Morgan fingerprint density at radius 1 is 0.905 bits per heavy atom. The Morgan fingerprint density at radius 2 is 1.62 bits per heavy atom. The van der Waals surface area contributed by atoms with Gasteiger partial charge in [0.15, 0.2) is 11.0 Å². The summed E-state index contributed by atoms with van der Waals surface area (Å²) >= 11 is 0. The van der Waals surface area contributed by atoms with Crippen LogP contribution in [0.2, 0.25) is 0 Å². The summed E-state index contributed by atoms with van der Waals surface area (Å²) in [5.41, 5.74) is 0.565. The molecule has 0 bridgehead atoms. The van der Waals surface area contributed by atoms with Crippen LogP contribution in [0.3, 0.4) is 0 Å². The van der Waals surface area contributed by atoms with Gasteiger partial charge in [-0.2, -0.15) is 5.26 Å². The molecule has 0 aliphatic heterocycles. The Labute approximate surface area is 119 Å². The van der Waals surface area contributed by atoms with Gasteiger partial charge in [0.1, 0.15) is 5.76 Å². The zero-order valence-electron chi connectivity index (χ0n) is 10.9. The lowest BCUT2D eigenvalue weighted by molar-refractivity contribution is 0.616. The molecule has 0 spiro atoms. The molecule has 0 fully saturated rings. The Bertz CT molecular complexity index is 979. The molecule has 1 aromatic heterocycles. The maximum atomic E-state index is 12.1. The van der Waals surface area contributed by atoms with Crippen LogP contribution in [0.25, 0.3) is 22.3 Å². The predicted molar refractivity (Wildman–Crippen MR) is 78.9 cm³/mol. The van der Waals surface area contributed by atoms with Crippen molar-refractivity contribution < 1.29 is 4.42 Å². The highest BCUT2D eigenvalue weighted by Crippen LogP contribution is 2.20. The number of hydrogen-bond donors (Lipinski definition) is 0. The first kappa shape index (κ1) is 12.8. The van der Waals surface area contributed by atoms with Crippen LogP contribution in [-0.4, -0.2) is 0 Å². The highest BCUT2D eigenvalue weighted by Gasteiger charge is 2.08. The van der Waals surface area contributed by atoms with Crippen molar-refractivity contribution in [3.05, 3.63) is 80.6 Å². The number of hydrogen-bond acceptors (Lipinski definition) is 4. The molecule has 0 unspecified atom stereocenters. The Balaban J connectivity index is 2.30. The van der Waals surface area contributed by atoms with E-state index in [0.29, 0.717) is 16.9 Å². The zero-order chi connectivity index (χ0) is 14.8. The molecule has 0 radical (unpaired) electrons. The van der Waals surface area contributed by atoms with Crippen molar-refractivity contribution in [1.82, 2.24) is 0 Å². The van der Waals surface area contributed by atoms with Gasteiger partial charge in [-0.3, -0.25) is 9.59 Å². The molecule has 100 valence electrons. The lowest BCUT2D eigenvalue weighted by Crippen LogP contribution is -2.05. The molecule has 4 nitrogen and oxygen atoms in total. The van der Waals surface area contributed by atoms with Gasteiger partial charge in [-0.15, -0.1) is 0 Å². The molecule has 0 N–H and O–H groups in total. The van der Waals surface area contributed by atoms with Gasteiger partial charge in [-0.05, 0) is 36.4 Å². The second-order valence-electron chi connectivity index (χ2n) is 4.49. The second kappa shape index (κ2) is 5.06. The quantitative estimate of drug-likeness (QED) is 0.684. The minimum Gasteiger partial charge on any atom is -0.452 e. The number of fused-ring (bicyclic) bond motifs is 1. The monoisotopic (exact) mass is 275 g/mol. The minimum atomic E-state index is -0.345. The lowest BCUT2D eigenvalue weighted by atomic mass is 10.1. The van der Waals surface area contributed by atoms with E-state index in [1.165, 1.54) is 12.1 Å². The van der Waals surface area contributed by atoms with Crippen molar-refractivity contribution in [2.75, 3.05) is 0 Å². The summed E-state index contributed by atoms with van der Waals surface area (Å²) in [7, 11) is 0. The summed E-state index contributed by atoms with van der Waals surface area (Å²) in [5.74, 6) is 0.306. The summed E-state index contributed by atoms with van der Waals surface area (Å²) in [6.07, 6.45) is 0. The molecule has 0 saturated carbocycles. The summed E-state index contributed by atoms with van der Waals surface area (Å²) in [6.45, 7) is 0. The fourth-order valence-corrected chi connectivity index (χ4v) is 2.07. The highest BCUT2D eigenvalue weighted by molar-refractivity contribution is 5.77. The van der Waals surface area contributed by atoms with Crippen LogP contribution in [-0.2, 0) is 0 Å². The first-order valence-electron chi connectivity index (χ1n) is 6.27. The van der Waals surface area contributed by atoms with E-state index in [0.717, 1.165) is 0 Å². The largest absolute Gasteiger partial charge is 0.452 e. The van der Waals surface area contributed by atoms with Crippen LogP contribution in [0.1, 0.15) is 5.56 Å². The number of rotatable bonds is 1. The zero-order valence-corrected chi connectivity index (χ0v) is 10.9. The smallest absolute Gasteiger partial charge is 0.221 e. The summed E-state index contributed by atoms with van der Waals surface area (Å²) < 4.78 is 5.60. The first-order chi connectivity index (χ1) is 10.2. The van der Waals surface area contributed by atoms with Gasteiger partial charge in [0, 0.05) is 11.6 Å². The summed E-state index contributed by atoms with van der Waals surface area (Å²) in [6, 6.07) is 16.1. The fraction of sp³-hybridized carbons (Fsp3) is 0. The summed E-state index contributed by atoms with van der Waals surface area (Å²) in [5, 5.41) is 9.04. The molecule has 0 atom stereocenters. The maximum absolute atomic E-state index is 12.1. The maximum Gasteiger partial charge on any atom is 0.221 e. The third kappa shape index (κ3) is 2.33. The van der Waals surface area contributed by atoms with Gasteiger partial charge in [-0.25, -0.2) is 0 Å². The van der Waals surface area contributed by atoms with E-state index in [2.05, 4.69) is 0 Å². The minimum absolute atomic E-state index is 0.0341. The standard InChI is InChI=1S/C17H9NO3/c18-10-11-5-7-12(8-6-11)16-9-15(20)13-3-1-2-4-14(19)17(13)21-16/h1-9H. The molecule has 3 aromatic rings. The molecular weight excluding hydrogens is 266 g/mol. The van der Waals surface area contributed by atoms with E-state index in [9.17, 15) is 9.59 Å². The van der Waals surface area contributed by atoms with Gasteiger partial charge < -0.3 is 4.42 Å². The molecule has 4 heteroatoms. The average molecular weight is 275 g/mol. The molecule has 0 aliphatic carbocycles. The molecule has 2 aromatic carbocycles. The Hall–Kier alpha value is -3.19. The van der Waals surface area contributed by atoms with E-state index in [1.807, 2.05) is 6.07 Å². The molecular formula is C17H9NO3. The molecule has 1 heterocycles. The fourth-order valence-electron chi connectivity index (χ4n) is 2.07. The SMILES string of the molecule is N#Cc1ccc(-c2cc(=O)c3ccccc(=O)c3o2)cc1. The van der Waals surface area contributed by atoms with E-state index in [4.69, 9.17) is 9.68 Å². The van der Waals surface area contributed by atoms with Crippen molar-refractivity contribution in [3.63, 3.8) is 0 Å². The topological polar surface area (TPSA) is 71.1 Å². The normalized spacial score (nSPS) is 10.2. The van der Waals surface area contributed by atoms with E-state index in [-0.39, 0.29) is 21.8 Å². The van der Waals surface area contributed by atoms with E-state index in [1.54, 1.807) is 42.5 Å². The number of nitriles is 1. The second-order valence-corrected chi connectivity index (χ2v) is 4.49. The van der Waals surface area contributed by atoms with Crippen molar-refractivity contribution in [2.45, 2.75) is 0 Å². The van der Waals surface area contributed by atoms with Gasteiger partial charge >= 0.3 is 0 Å². The van der Waals surface area contributed by atoms with Crippen LogP contribution < -0.4 is 10.9 Å². The highest BCUT2D eigenvalue weighted by atomic mass is 16.3. The van der Waals surface area contributed by atoms with Crippen LogP contribution >= 0.6 is 0 Å². The first-order valence-corrected chi connectivity index (χ1v) is 6.27. The Morgan fingerprint density at radius 3 is 2.33 bits per heavy atom. The molecule has 0 aliphatic rings. The van der Waals surface area contributed by atoms with Gasteiger partial charge in [-0.1, -0.05) is 12.1 Å². The van der Waals surface area contributed by atoms with Gasteiger partial charge in [0.05, 0.1) is 17.0 Å². The summed E-state index contributed by atoms with van der Waals surface area (Å²) in [4.78, 5) is 24.1. The van der Waals surface area contributed by atoms with Crippen molar-refractivity contribution in [3.8, 4) is 17.4 Å². The third-order valence-electron chi connectivity index (χ3n) is 3.13. The molecule has 3 rings (SSSR count). The lowest BCUT2D eigenvalue weighted by Gasteiger charge is -2.01. The van der Waals surface area contributed by atoms with Gasteiger partial charge in [0.25, 0.3) is 0 Å². The average Bonchev–Trinajstić information content (AvgIpc) is 2.70. The van der Waals surface area contributed by atoms with Crippen LogP contribution in [0, 0.1) is 11.3 Å². The van der Waals surface area contributed by atoms with Crippen LogP contribution in [0.15, 0.2) is 68.6 Å². The number of benzene rings is 1. The van der Waals surface area contributed by atoms with Crippen LogP contribution in [0.4, 0.5) is 0 Å². The van der Waals surface area contributed by atoms with Crippen molar-refractivity contribution >= 4 is 11.0 Å². The number of nitrogens with zero attached hydrogens (tertiary/aromatic N) is 1.